The maximum Gasteiger partial charge on any atom is 0.276 e. The van der Waals surface area contributed by atoms with E-state index in [9.17, 15) is 4.79 Å². The van der Waals surface area contributed by atoms with Crippen molar-refractivity contribution in [3.63, 3.8) is 0 Å². The van der Waals surface area contributed by atoms with Crippen molar-refractivity contribution < 1.29 is 0 Å². The molecule has 0 aliphatic carbocycles. The summed E-state index contributed by atoms with van der Waals surface area (Å²) in [5, 5.41) is 0.652. The lowest BCUT2D eigenvalue weighted by Gasteiger charge is -2.12. The van der Waals surface area contributed by atoms with Gasteiger partial charge in [0, 0.05) is 27.9 Å². The van der Waals surface area contributed by atoms with Gasteiger partial charge in [0.2, 0.25) is 0 Å². The molecule has 0 saturated heterocycles. The highest BCUT2D eigenvalue weighted by Crippen LogP contribution is 2.26. The Kier molecular flexibility index (Phi) is 3.70. The molecule has 0 aliphatic rings. The third-order valence-electron chi connectivity index (χ3n) is 4.39. The monoisotopic (exact) mass is 349 g/mol. The van der Waals surface area contributed by atoms with Gasteiger partial charge in [0.15, 0.2) is 5.65 Å². The number of nitrogens with zero attached hydrogens (tertiary/aromatic N) is 3. The average molecular weight is 350 g/mol. The molecule has 0 radical (unpaired) electrons. The standard InChI is InChI=1S/C20H16ClN3O/c1-13-14(2)22-19-12-18(15-6-4-3-5-7-15)23(24(19)20(13)25)17-10-8-16(21)9-11-17/h3-12H,1-2H3. The van der Waals surface area contributed by atoms with Gasteiger partial charge in [-0.05, 0) is 38.1 Å². The number of fused-ring (bicyclic) bond motifs is 1. The van der Waals surface area contributed by atoms with Crippen molar-refractivity contribution in [3.05, 3.63) is 87.3 Å². The first-order valence-electron chi connectivity index (χ1n) is 7.99. The molecule has 124 valence electrons. The quantitative estimate of drug-likeness (QED) is 0.537. The number of hydrogen-bond donors (Lipinski definition) is 0. The zero-order chi connectivity index (χ0) is 17.6. The summed E-state index contributed by atoms with van der Waals surface area (Å²) in [6.07, 6.45) is 0. The summed E-state index contributed by atoms with van der Waals surface area (Å²) in [7, 11) is 0. The number of rotatable bonds is 2. The molecule has 2 aromatic heterocycles. The lowest BCUT2D eigenvalue weighted by molar-refractivity contribution is 0.759. The molecule has 0 atom stereocenters. The molecular formula is C20H16ClN3O. The molecule has 5 heteroatoms. The first-order valence-corrected chi connectivity index (χ1v) is 8.37. The van der Waals surface area contributed by atoms with Crippen molar-refractivity contribution in [3.8, 4) is 16.9 Å². The van der Waals surface area contributed by atoms with Gasteiger partial charge in [0.1, 0.15) is 0 Å². The molecule has 0 fully saturated rings. The Morgan fingerprint density at radius 3 is 2.32 bits per heavy atom. The summed E-state index contributed by atoms with van der Waals surface area (Å²) < 4.78 is 3.51. The van der Waals surface area contributed by atoms with Gasteiger partial charge in [0.25, 0.3) is 5.56 Å². The molecule has 25 heavy (non-hydrogen) atoms. The third kappa shape index (κ3) is 2.55. The van der Waals surface area contributed by atoms with Crippen LogP contribution in [0.1, 0.15) is 11.3 Å². The lowest BCUT2D eigenvalue weighted by Crippen LogP contribution is -2.24. The van der Waals surface area contributed by atoms with E-state index < -0.39 is 0 Å². The minimum atomic E-state index is -0.0698. The highest BCUT2D eigenvalue weighted by molar-refractivity contribution is 6.30. The van der Waals surface area contributed by atoms with E-state index in [1.54, 1.807) is 11.4 Å². The molecule has 4 nitrogen and oxygen atoms in total. The Bertz CT molecular complexity index is 1130. The van der Waals surface area contributed by atoms with Crippen molar-refractivity contribution >= 4 is 17.2 Å². The van der Waals surface area contributed by atoms with Crippen molar-refractivity contribution in [1.82, 2.24) is 14.2 Å². The minimum Gasteiger partial charge on any atom is -0.267 e. The fourth-order valence-corrected chi connectivity index (χ4v) is 3.08. The van der Waals surface area contributed by atoms with E-state index in [0.29, 0.717) is 16.2 Å². The zero-order valence-corrected chi connectivity index (χ0v) is 14.7. The van der Waals surface area contributed by atoms with Crippen LogP contribution >= 0.6 is 11.6 Å². The molecule has 0 saturated carbocycles. The lowest BCUT2D eigenvalue weighted by atomic mass is 10.1. The molecule has 4 rings (SSSR count). The second kappa shape index (κ2) is 5.90. The van der Waals surface area contributed by atoms with Gasteiger partial charge in [-0.2, -0.15) is 4.52 Å². The van der Waals surface area contributed by atoms with E-state index in [1.165, 1.54) is 0 Å². The molecule has 0 amide bonds. The Hall–Kier alpha value is -2.85. The van der Waals surface area contributed by atoms with Crippen LogP contribution in [-0.4, -0.2) is 14.2 Å². The van der Waals surface area contributed by atoms with E-state index in [0.717, 1.165) is 22.6 Å². The van der Waals surface area contributed by atoms with Gasteiger partial charge in [-0.15, -0.1) is 0 Å². The van der Waals surface area contributed by atoms with E-state index in [4.69, 9.17) is 11.6 Å². The molecule has 2 aromatic carbocycles. The number of halogens is 1. The molecule has 0 N–H and O–H groups in total. The third-order valence-corrected chi connectivity index (χ3v) is 4.64. The predicted molar refractivity (Wildman–Crippen MR) is 101 cm³/mol. The van der Waals surface area contributed by atoms with E-state index in [-0.39, 0.29) is 5.56 Å². The van der Waals surface area contributed by atoms with Crippen LogP contribution in [-0.2, 0) is 0 Å². The summed E-state index contributed by atoms with van der Waals surface area (Å²) in [6, 6.07) is 19.3. The summed E-state index contributed by atoms with van der Waals surface area (Å²) in [5.74, 6) is 0. The normalized spacial score (nSPS) is 11.2. The van der Waals surface area contributed by atoms with E-state index >= 15 is 0 Å². The molecule has 0 spiro atoms. The van der Waals surface area contributed by atoms with Crippen molar-refractivity contribution in [1.29, 1.82) is 0 Å². The number of aryl methyl sites for hydroxylation is 1. The molecular weight excluding hydrogens is 334 g/mol. The summed E-state index contributed by atoms with van der Waals surface area (Å²) in [5.41, 5.74) is 4.71. The van der Waals surface area contributed by atoms with Crippen LogP contribution < -0.4 is 5.56 Å². The van der Waals surface area contributed by atoms with Crippen LogP contribution in [0.4, 0.5) is 0 Å². The SMILES string of the molecule is Cc1nc2cc(-c3ccccc3)n(-c3ccc(Cl)cc3)n2c(=O)c1C. The highest BCUT2D eigenvalue weighted by atomic mass is 35.5. The van der Waals surface area contributed by atoms with Crippen LogP contribution in [0.3, 0.4) is 0 Å². The van der Waals surface area contributed by atoms with Crippen LogP contribution in [0.5, 0.6) is 0 Å². The minimum absolute atomic E-state index is 0.0698. The molecule has 2 heterocycles. The molecule has 0 unspecified atom stereocenters. The van der Waals surface area contributed by atoms with Crippen molar-refractivity contribution in [2.24, 2.45) is 0 Å². The molecule has 4 aromatic rings. The van der Waals surface area contributed by atoms with Crippen LogP contribution in [0.2, 0.25) is 5.02 Å². The van der Waals surface area contributed by atoms with Gasteiger partial charge >= 0.3 is 0 Å². The van der Waals surface area contributed by atoms with E-state index in [1.807, 2.05) is 72.3 Å². The fraction of sp³-hybridized carbons (Fsp3) is 0.100. The summed E-state index contributed by atoms with van der Waals surface area (Å²) in [4.78, 5) is 17.5. The average Bonchev–Trinajstić information content (AvgIpc) is 3.00. The predicted octanol–water partition coefficient (Wildman–Crippen LogP) is 4.42. The first kappa shape index (κ1) is 15.7. The van der Waals surface area contributed by atoms with Crippen LogP contribution in [0.25, 0.3) is 22.6 Å². The van der Waals surface area contributed by atoms with Gasteiger partial charge in [-0.1, -0.05) is 41.9 Å². The van der Waals surface area contributed by atoms with Crippen molar-refractivity contribution in [2.45, 2.75) is 13.8 Å². The Morgan fingerprint density at radius 2 is 1.64 bits per heavy atom. The molecule has 0 bridgehead atoms. The Morgan fingerprint density at radius 1 is 0.960 bits per heavy atom. The summed E-state index contributed by atoms with van der Waals surface area (Å²) in [6.45, 7) is 3.66. The second-order valence-electron chi connectivity index (χ2n) is 5.98. The zero-order valence-electron chi connectivity index (χ0n) is 13.9. The van der Waals surface area contributed by atoms with Crippen LogP contribution in [0.15, 0.2) is 65.5 Å². The first-order chi connectivity index (χ1) is 12.1. The maximum absolute atomic E-state index is 12.9. The number of aromatic nitrogens is 3. The Labute approximate surface area is 149 Å². The largest absolute Gasteiger partial charge is 0.276 e. The summed E-state index contributed by atoms with van der Waals surface area (Å²) >= 11 is 6.04. The second-order valence-corrected chi connectivity index (χ2v) is 6.42. The van der Waals surface area contributed by atoms with Gasteiger partial charge in [-0.25, -0.2) is 9.67 Å². The van der Waals surface area contributed by atoms with Gasteiger partial charge in [0.05, 0.1) is 11.4 Å². The van der Waals surface area contributed by atoms with E-state index in [2.05, 4.69) is 4.98 Å². The Balaban J connectivity index is 2.15. The van der Waals surface area contributed by atoms with Gasteiger partial charge < -0.3 is 0 Å². The topological polar surface area (TPSA) is 39.3 Å². The smallest absolute Gasteiger partial charge is 0.267 e. The highest BCUT2D eigenvalue weighted by Gasteiger charge is 2.16. The number of hydrogen-bond acceptors (Lipinski definition) is 2. The fourth-order valence-electron chi connectivity index (χ4n) is 2.95. The van der Waals surface area contributed by atoms with Crippen LogP contribution in [0, 0.1) is 13.8 Å². The molecule has 0 aliphatic heterocycles. The van der Waals surface area contributed by atoms with Gasteiger partial charge in [-0.3, -0.25) is 4.79 Å². The van der Waals surface area contributed by atoms with Crippen molar-refractivity contribution in [2.75, 3.05) is 0 Å². The number of benzene rings is 2. The maximum atomic E-state index is 12.9.